The second-order valence-electron chi connectivity index (χ2n) is 4.95. The number of sulfone groups is 1. The Morgan fingerprint density at radius 2 is 2.05 bits per heavy atom. The molecule has 0 aliphatic carbocycles. The Morgan fingerprint density at radius 1 is 1.30 bits per heavy atom. The van der Waals surface area contributed by atoms with Gasteiger partial charge in [-0.25, -0.2) is 8.42 Å². The summed E-state index contributed by atoms with van der Waals surface area (Å²) in [6.45, 7) is 0. The number of rotatable bonds is 3. The fourth-order valence-corrected chi connectivity index (χ4v) is 4.14. The van der Waals surface area contributed by atoms with Gasteiger partial charge in [-0.3, -0.25) is 0 Å². The number of hydrogen-bond donors (Lipinski definition) is 0. The van der Waals surface area contributed by atoms with Crippen LogP contribution < -0.4 is 0 Å². The molecular weight excluding hydrogens is 300 g/mol. The maximum absolute atomic E-state index is 11.4. The molecule has 1 aliphatic rings. The lowest BCUT2D eigenvalue weighted by Crippen LogP contribution is -2.04. The van der Waals surface area contributed by atoms with Crippen molar-refractivity contribution < 1.29 is 12.9 Å². The molecule has 1 unspecified atom stereocenters. The lowest BCUT2D eigenvalue weighted by Gasteiger charge is -1.98. The molecular formula is C13H13ClN2O3S. The number of aromatic nitrogens is 2. The summed E-state index contributed by atoms with van der Waals surface area (Å²) < 4.78 is 28.1. The Bertz CT molecular complexity index is 709. The predicted molar refractivity (Wildman–Crippen MR) is 74.6 cm³/mol. The van der Waals surface area contributed by atoms with Gasteiger partial charge in [-0.15, -0.1) is 0 Å². The zero-order chi connectivity index (χ0) is 14.2. The van der Waals surface area contributed by atoms with Crippen LogP contribution in [0.4, 0.5) is 0 Å². The molecule has 1 saturated heterocycles. The highest BCUT2D eigenvalue weighted by Crippen LogP contribution is 2.27. The van der Waals surface area contributed by atoms with E-state index in [0.717, 1.165) is 5.56 Å². The van der Waals surface area contributed by atoms with Crippen LogP contribution in [0.25, 0.3) is 0 Å². The predicted octanol–water partition coefficient (Wildman–Crippen LogP) is 2.22. The highest BCUT2D eigenvalue weighted by molar-refractivity contribution is 7.91. The minimum atomic E-state index is -2.94. The van der Waals surface area contributed by atoms with E-state index in [4.69, 9.17) is 16.1 Å². The van der Waals surface area contributed by atoms with E-state index in [0.29, 0.717) is 29.6 Å². The molecule has 1 fully saturated rings. The highest BCUT2D eigenvalue weighted by atomic mass is 35.5. The van der Waals surface area contributed by atoms with Crippen molar-refractivity contribution in [3.8, 4) is 0 Å². The zero-order valence-electron chi connectivity index (χ0n) is 10.6. The summed E-state index contributed by atoms with van der Waals surface area (Å²) in [6.07, 6.45) is 1.10. The molecule has 2 aromatic rings. The molecule has 1 atom stereocenters. The van der Waals surface area contributed by atoms with Crippen molar-refractivity contribution in [1.29, 1.82) is 0 Å². The second-order valence-corrected chi connectivity index (χ2v) is 7.62. The third-order valence-electron chi connectivity index (χ3n) is 3.34. The number of nitrogens with zero attached hydrogens (tertiary/aromatic N) is 2. The number of hydrogen-bond acceptors (Lipinski definition) is 5. The summed E-state index contributed by atoms with van der Waals surface area (Å²) in [5, 5.41) is 4.59. The fraction of sp³-hybridized carbons (Fsp3) is 0.385. The molecule has 3 rings (SSSR count). The summed E-state index contributed by atoms with van der Waals surface area (Å²) >= 11 is 5.82. The van der Waals surface area contributed by atoms with Crippen molar-refractivity contribution in [3.05, 3.63) is 46.6 Å². The summed E-state index contributed by atoms with van der Waals surface area (Å²) in [5.41, 5.74) is 1.03. The molecule has 1 aromatic heterocycles. The summed E-state index contributed by atoms with van der Waals surface area (Å²) in [6, 6.07) is 7.42. The molecule has 20 heavy (non-hydrogen) atoms. The topological polar surface area (TPSA) is 73.1 Å². The summed E-state index contributed by atoms with van der Waals surface area (Å²) in [4.78, 5) is 4.30. The van der Waals surface area contributed by atoms with Crippen molar-refractivity contribution in [2.45, 2.75) is 18.8 Å². The minimum Gasteiger partial charge on any atom is -0.339 e. The van der Waals surface area contributed by atoms with E-state index in [-0.39, 0.29) is 17.4 Å². The fourth-order valence-electron chi connectivity index (χ4n) is 2.28. The van der Waals surface area contributed by atoms with E-state index in [1.165, 1.54) is 0 Å². The minimum absolute atomic E-state index is 0.107. The van der Waals surface area contributed by atoms with Crippen LogP contribution in [-0.4, -0.2) is 30.1 Å². The molecule has 5 nitrogen and oxygen atoms in total. The maximum Gasteiger partial charge on any atom is 0.230 e. The quantitative estimate of drug-likeness (QED) is 0.869. The first-order valence-electron chi connectivity index (χ1n) is 6.29. The van der Waals surface area contributed by atoms with Gasteiger partial charge in [-0.05, 0) is 24.1 Å². The van der Waals surface area contributed by atoms with Gasteiger partial charge < -0.3 is 4.52 Å². The van der Waals surface area contributed by atoms with Crippen LogP contribution in [0.5, 0.6) is 0 Å². The molecule has 0 spiro atoms. The van der Waals surface area contributed by atoms with E-state index >= 15 is 0 Å². The molecule has 106 valence electrons. The Kier molecular flexibility index (Phi) is 3.52. The van der Waals surface area contributed by atoms with Crippen LogP contribution in [-0.2, 0) is 16.3 Å². The van der Waals surface area contributed by atoms with Gasteiger partial charge in [0.2, 0.25) is 5.89 Å². The Balaban J connectivity index is 1.72. The van der Waals surface area contributed by atoms with Crippen molar-refractivity contribution in [3.63, 3.8) is 0 Å². The van der Waals surface area contributed by atoms with Crippen LogP contribution >= 0.6 is 11.6 Å². The van der Waals surface area contributed by atoms with Gasteiger partial charge in [0.25, 0.3) is 0 Å². The molecule has 0 bridgehead atoms. The van der Waals surface area contributed by atoms with Crippen molar-refractivity contribution >= 4 is 21.4 Å². The number of benzene rings is 1. The molecule has 0 amide bonds. The largest absolute Gasteiger partial charge is 0.339 e. The highest BCUT2D eigenvalue weighted by Gasteiger charge is 2.32. The SMILES string of the molecule is O=S1(=O)CCC(c2nc(Cc3ccc(Cl)cc3)no2)C1. The van der Waals surface area contributed by atoms with Crippen LogP contribution in [0.2, 0.25) is 5.02 Å². The zero-order valence-corrected chi connectivity index (χ0v) is 12.2. The monoisotopic (exact) mass is 312 g/mol. The van der Waals surface area contributed by atoms with Gasteiger partial charge in [0.15, 0.2) is 15.7 Å². The summed E-state index contributed by atoms with van der Waals surface area (Å²) in [5.74, 6) is 1.13. The van der Waals surface area contributed by atoms with E-state index in [1.807, 2.05) is 12.1 Å². The second kappa shape index (κ2) is 5.18. The smallest absolute Gasteiger partial charge is 0.230 e. The lowest BCUT2D eigenvalue weighted by molar-refractivity contribution is 0.357. The van der Waals surface area contributed by atoms with Gasteiger partial charge in [-0.1, -0.05) is 28.9 Å². The Hall–Kier alpha value is -1.40. The van der Waals surface area contributed by atoms with E-state index < -0.39 is 9.84 Å². The van der Waals surface area contributed by atoms with Gasteiger partial charge >= 0.3 is 0 Å². The van der Waals surface area contributed by atoms with Gasteiger partial charge in [0.05, 0.1) is 17.4 Å². The average molecular weight is 313 g/mol. The van der Waals surface area contributed by atoms with Gasteiger partial charge in [-0.2, -0.15) is 4.98 Å². The molecule has 1 aliphatic heterocycles. The van der Waals surface area contributed by atoms with E-state index in [9.17, 15) is 8.42 Å². The van der Waals surface area contributed by atoms with Crippen LogP contribution in [0, 0.1) is 0 Å². The standard InChI is InChI=1S/C13H13ClN2O3S/c14-11-3-1-9(2-4-11)7-12-15-13(19-16-12)10-5-6-20(17,18)8-10/h1-4,10H,5-8H2. The third kappa shape index (κ3) is 3.02. The molecule has 1 aromatic carbocycles. The van der Waals surface area contributed by atoms with Crippen molar-refractivity contribution in [1.82, 2.24) is 10.1 Å². The first-order valence-corrected chi connectivity index (χ1v) is 8.49. The molecule has 2 heterocycles. The molecule has 0 radical (unpaired) electrons. The maximum atomic E-state index is 11.4. The number of halogens is 1. The van der Waals surface area contributed by atoms with E-state index in [2.05, 4.69) is 10.1 Å². The average Bonchev–Trinajstić information content (AvgIpc) is 2.99. The first-order chi connectivity index (χ1) is 9.52. The van der Waals surface area contributed by atoms with Crippen LogP contribution in [0.3, 0.4) is 0 Å². The normalized spacial score (nSPS) is 21.1. The molecule has 7 heteroatoms. The van der Waals surface area contributed by atoms with Crippen molar-refractivity contribution in [2.24, 2.45) is 0 Å². The summed E-state index contributed by atoms with van der Waals surface area (Å²) in [7, 11) is -2.94. The Labute approximate surface area is 121 Å². The molecule has 0 N–H and O–H groups in total. The van der Waals surface area contributed by atoms with Crippen LogP contribution in [0.1, 0.15) is 29.6 Å². The van der Waals surface area contributed by atoms with Crippen molar-refractivity contribution in [2.75, 3.05) is 11.5 Å². The van der Waals surface area contributed by atoms with Crippen LogP contribution in [0.15, 0.2) is 28.8 Å². The van der Waals surface area contributed by atoms with Gasteiger partial charge in [0, 0.05) is 11.4 Å². The third-order valence-corrected chi connectivity index (χ3v) is 5.36. The Morgan fingerprint density at radius 3 is 2.70 bits per heavy atom. The van der Waals surface area contributed by atoms with Gasteiger partial charge in [0.1, 0.15) is 0 Å². The molecule has 0 saturated carbocycles. The first kappa shape index (κ1) is 13.6. The lowest BCUT2D eigenvalue weighted by atomic mass is 10.1. The van der Waals surface area contributed by atoms with E-state index in [1.54, 1.807) is 12.1 Å².